The number of nitrogens with one attached hydrogen (secondary N) is 1. The van der Waals surface area contributed by atoms with Crippen LogP contribution < -0.4 is 20.1 Å². The molecule has 1 aliphatic rings. The summed E-state index contributed by atoms with van der Waals surface area (Å²) in [4.78, 5) is 70.5. The number of nitrogens with two attached hydrogens (primary N) is 1. The van der Waals surface area contributed by atoms with Gasteiger partial charge in [-0.25, -0.2) is 4.57 Å². The number of aliphatic hydroxyl groups is 1. The van der Waals surface area contributed by atoms with Crippen molar-refractivity contribution in [1.29, 1.82) is 0 Å². The number of unbranched alkanes of at least 4 members (excludes halogenated alkanes) is 24. The summed E-state index contributed by atoms with van der Waals surface area (Å²) in [5.74, 6) is -3.10. The Bertz CT molecular complexity index is 2400. The number of phosphoric ester groups is 1. The Morgan fingerprint density at radius 3 is 1.41 bits per heavy atom. The van der Waals surface area contributed by atoms with E-state index in [9.17, 15) is 29.1 Å². The summed E-state index contributed by atoms with van der Waals surface area (Å²) in [5, 5.41) is 14.3. The second-order valence-corrected chi connectivity index (χ2v) is 25.8. The van der Waals surface area contributed by atoms with Gasteiger partial charge in [0.2, 0.25) is 5.91 Å². The molecule has 91 heavy (non-hydrogen) atoms. The van der Waals surface area contributed by atoms with Crippen molar-refractivity contribution in [3.63, 3.8) is 0 Å². The lowest BCUT2D eigenvalue weighted by Crippen LogP contribution is -2.66. The molecule has 1 saturated heterocycles. The zero-order chi connectivity index (χ0) is 65.6. The molecule has 0 aliphatic carbocycles. The van der Waals surface area contributed by atoms with Crippen LogP contribution in [0.5, 0.6) is 11.5 Å². The summed E-state index contributed by atoms with van der Waals surface area (Å²) >= 11 is 0. The topological polar surface area (TPSA) is 244 Å². The van der Waals surface area contributed by atoms with Crippen LogP contribution in [0, 0.1) is 0 Å². The van der Waals surface area contributed by atoms with Gasteiger partial charge in [-0.3, -0.25) is 28.5 Å². The zero-order valence-electron chi connectivity index (χ0n) is 55.5. The Hall–Kier alpha value is -5.36. The molecular formula is C72H113N2O16P. The molecule has 0 spiro atoms. The van der Waals surface area contributed by atoms with E-state index in [0.717, 1.165) is 108 Å². The normalized spacial score (nSPS) is 17.5. The number of esters is 4. The van der Waals surface area contributed by atoms with Crippen LogP contribution in [0.4, 0.5) is 0 Å². The minimum absolute atomic E-state index is 0.0758. The number of carbonyl (C=O) groups is 5. The van der Waals surface area contributed by atoms with Crippen LogP contribution in [0.1, 0.15) is 252 Å². The fraction of sp³-hybridized carbons (Fsp3) is 0.681. The van der Waals surface area contributed by atoms with Crippen molar-refractivity contribution >= 4 is 37.6 Å². The van der Waals surface area contributed by atoms with E-state index in [1.54, 1.807) is 60.7 Å². The summed E-state index contributed by atoms with van der Waals surface area (Å²) in [6.45, 7) is 7.13. The summed E-state index contributed by atoms with van der Waals surface area (Å²) in [6, 6.07) is 22.2. The molecule has 1 amide bonds. The number of para-hydroxylation sites is 2. The largest absolute Gasteiger partial charge is 0.588 e. The number of hydrogen-bond acceptors (Lipinski definition) is 17. The lowest BCUT2D eigenvalue weighted by Gasteiger charge is -2.45. The summed E-state index contributed by atoms with van der Waals surface area (Å²) in [6.07, 6.45) is 19.9. The van der Waals surface area contributed by atoms with E-state index in [1.807, 2.05) is 6.07 Å². The van der Waals surface area contributed by atoms with E-state index < -0.39 is 106 Å². The number of aliphatic hydroxyl groups excluding tert-OH is 1. The minimum Gasteiger partial charge on any atom is -0.462 e. The SMILES string of the molecule is CCCCCCCCCCC[C@H](CC(=O)N[C@H]1[C@H](OC[C@H](N)C(=O)OCc2ccccc2)O[C@H](CO)[C@@H](OP(=O)(Oc2ccccc2)Oc2ccccc2)[C@@H]1OC(=O)C[C@@H](CCCCCCCCCCC)OC(=O)CCCCCCC)OC(=O)CCCCCCC. The van der Waals surface area contributed by atoms with Gasteiger partial charge in [0.05, 0.1) is 26.1 Å². The highest BCUT2D eigenvalue weighted by Crippen LogP contribution is 2.52. The van der Waals surface area contributed by atoms with Crippen LogP contribution in [-0.2, 0) is 68.1 Å². The zero-order valence-corrected chi connectivity index (χ0v) is 56.4. The number of ether oxygens (including phenoxy) is 6. The van der Waals surface area contributed by atoms with Crippen LogP contribution in [0.3, 0.4) is 0 Å². The van der Waals surface area contributed by atoms with Crippen molar-refractivity contribution < 1.29 is 75.6 Å². The number of hydrogen-bond donors (Lipinski definition) is 3. The molecule has 1 aliphatic heterocycles. The van der Waals surface area contributed by atoms with E-state index in [1.165, 1.54) is 75.6 Å². The van der Waals surface area contributed by atoms with Crippen LogP contribution in [0.25, 0.3) is 0 Å². The van der Waals surface area contributed by atoms with Gasteiger partial charge in [-0.05, 0) is 68.4 Å². The van der Waals surface area contributed by atoms with E-state index in [-0.39, 0.29) is 37.4 Å². The number of amides is 1. The second-order valence-electron chi connectivity index (χ2n) is 24.3. The Morgan fingerprint density at radius 2 is 0.956 bits per heavy atom. The molecule has 3 aromatic carbocycles. The number of phosphoric acid groups is 1. The molecule has 4 N–H and O–H groups in total. The van der Waals surface area contributed by atoms with Gasteiger partial charge < -0.3 is 53.6 Å². The smallest absolute Gasteiger partial charge is 0.462 e. The molecule has 0 aromatic heterocycles. The quantitative estimate of drug-likeness (QED) is 0.0206. The third-order valence-electron chi connectivity index (χ3n) is 16.2. The first-order chi connectivity index (χ1) is 44.3. The molecule has 512 valence electrons. The first-order valence-corrected chi connectivity index (χ1v) is 36.3. The summed E-state index contributed by atoms with van der Waals surface area (Å²) < 4.78 is 71.1. The van der Waals surface area contributed by atoms with E-state index in [0.29, 0.717) is 38.5 Å². The molecule has 18 nitrogen and oxygen atoms in total. The van der Waals surface area contributed by atoms with Gasteiger partial charge >= 0.3 is 31.7 Å². The van der Waals surface area contributed by atoms with Crippen molar-refractivity contribution in [3.05, 3.63) is 96.6 Å². The molecule has 0 unspecified atom stereocenters. The van der Waals surface area contributed by atoms with E-state index in [4.69, 9.17) is 47.7 Å². The lowest BCUT2D eigenvalue weighted by molar-refractivity contribution is -0.271. The van der Waals surface area contributed by atoms with Crippen LogP contribution >= 0.6 is 7.82 Å². The van der Waals surface area contributed by atoms with Gasteiger partial charge in [-0.2, -0.15) is 0 Å². The van der Waals surface area contributed by atoms with Crippen LogP contribution in [-0.4, -0.2) is 97.0 Å². The average molecular weight is 1290 g/mol. The lowest BCUT2D eigenvalue weighted by atomic mass is 9.95. The van der Waals surface area contributed by atoms with Gasteiger partial charge in [0.25, 0.3) is 0 Å². The van der Waals surface area contributed by atoms with Crippen molar-refractivity contribution in [3.8, 4) is 11.5 Å². The predicted octanol–water partition coefficient (Wildman–Crippen LogP) is 16.0. The average Bonchev–Trinajstić information content (AvgIpc) is 0.817. The van der Waals surface area contributed by atoms with Gasteiger partial charge in [0.1, 0.15) is 54.6 Å². The maximum Gasteiger partial charge on any atom is 0.588 e. The number of rotatable bonds is 53. The highest BCUT2D eigenvalue weighted by molar-refractivity contribution is 7.49. The maximum absolute atomic E-state index is 15.4. The summed E-state index contributed by atoms with van der Waals surface area (Å²) in [5.41, 5.74) is 7.15. The number of carbonyl (C=O) groups excluding carboxylic acids is 5. The molecule has 0 saturated carbocycles. The third-order valence-corrected chi connectivity index (χ3v) is 17.6. The maximum atomic E-state index is 15.4. The van der Waals surface area contributed by atoms with E-state index in [2.05, 4.69) is 33.0 Å². The molecular weight excluding hydrogens is 1180 g/mol. The Labute approximate surface area is 544 Å². The predicted molar refractivity (Wildman–Crippen MR) is 354 cm³/mol. The Balaban J connectivity index is 1.78. The van der Waals surface area contributed by atoms with Gasteiger partial charge in [-0.1, -0.05) is 249 Å². The first kappa shape index (κ1) is 78.1. The molecule has 19 heteroatoms. The molecule has 1 heterocycles. The van der Waals surface area contributed by atoms with Crippen molar-refractivity contribution in [2.75, 3.05) is 13.2 Å². The summed E-state index contributed by atoms with van der Waals surface area (Å²) in [7, 11) is -4.95. The second kappa shape index (κ2) is 48.4. The Morgan fingerprint density at radius 1 is 0.538 bits per heavy atom. The molecule has 8 atom stereocenters. The Kier molecular flexibility index (Phi) is 41.5. The van der Waals surface area contributed by atoms with Crippen molar-refractivity contribution in [2.24, 2.45) is 5.73 Å². The highest BCUT2D eigenvalue weighted by Gasteiger charge is 2.54. The molecule has 4 rings (SSSR count). The molecule has 0 radical (unpaired) electrons. The third kappa shape index (κ3) is 34.4. The molecule has 1 fully saturated rings. The van der Waals surface area contributed by atoms with Crippen LogP contribution in [0.2, 0.25) is 0 Å². The van der Waals surface area contributed by atoms with E-state index >= 15 is 4.57 Å². The molecule has 3 aromatic rings. The fourth-order valence-electron chi connectivity index (χ4n) is 11.0. The first-order valence-electron chi connectivity index (χ1n) is 34.8. The fourth-order valence-corrected chi connectivity index (χ4v) is 12.4. The number of benzene rings is 3. The standard InChI is InChI=1S/C72H113N2O16P/c1-5-9-13-17-19-21-23-27-34-48-60(84-65(77)50-40-25-15-11-7-3)52-64(76)74-68-70(87-67(79)53-61(85-66(78)51-41-26-16-12-8-4)49-35-28-24-22-20-18-14-10-6-2)69(90-91(81,88-58-44-36-30-37-45-58)89-59-46-38-31-39-47-59)63(54-75)86-72(68)83-56-62(73)71(80)82-55-57-42-32-29-33-43-57/h29-33,36-39,42-47,60-63,68-70,72,75H,5-28,34-35,40-41,48-56,73H2,1-4H3,(H,74,76)/t60-,61-,62+,63-,68-,69-,70-,72-/m1/s1. The van der Waals surface area contributed by atoms with Gasteiger partial charge in [0.15, 0.2) is 12.4 Å². The van der Waals surface area contributed by atoms with Crippen molar-refractivity contribution in [1.82, 2.24) is 5.32 Å². The van der Waals surface area contributed by atoms with Gasteiger partial charge in [0, 0.05) is 12.8 Å². The van der Waals surface area contributed by atoms with Crippen molar-refractivity contribution in [2.45, 2.75) is 302 Å². The molecule has 0 bridgehead atoms. The van der Waals surface area contributed by atoms with Gasteiger partial charge in [-0.15, -0.1) is 0 Å². The minimum atomic E-state index is -4.95. The monoisotopic (exact) mass is 1290 g/mol. The highest BCUT2D eigenvalue weighted by atomic mass is 31.2. The van der Waals surface area contributed by atoms with Crippen LogP contribution in [0.15, 0.2) is 91.0 Å².